The average Bonchev–Trinajstić information content (AvgIpc) is 0. The first-order valence-electron chi connectivity index (χ1n) is 0. The van der Waals surface area contributed by atoms with Crippen molar-refractivity contribution in [1.29, 1.82) is 0 Å². The Morgan fingerprint density at radius 1 is 1.00 bits per heavy atom. The van der Waals surface area contributed by atoms with Crippen LogP contribution in [0, 0.1) is 0 Å². The second-order valence-electron chi connectivity index (χ2n) is 0. The summed E-state index contributed by atoms with van der Waals surface area (Å²) in [6, 6.07) is 0. The molecule has 0 bridgehead atoms. The van der Waals surface area contributed by atoms with Gasteiger partial charge in [-0.15, -0.1) is 0 Å². The molecule has 0 heterocycles. The van der Waals surface area contributed by atoms with E-state index >= 15 is 0 Å². The normalized spacial score (nSPS) is 0. The smallest absolute Gasteiger partial charge is 0 e. The van der Waals surface area contributed by atoms with Gasteiger partial charge in [-0.3, -0.25) is 0 Å². The Hall–Kier alpha value is 3.29. The molecule has 4 heavy (non-hydrogen) atoms. The second kappa shape index (κ2) is 16.3. The molecule has 0 aromatic heterocycles. The van der Waals surface area contributed by atoms with Crippen molar-refractivity contribution in [3.8, 4) is 0 Å². The van der Waals surface area contributed by atoms with Crippen LogP contribution in [-0.2, 0) is 0 Å². The molecule has 0 amide bonds. The van der Waals surface area contributed by atoms with Gasteiger partial charge in [0.1, 0.15) is 0 Å². The first-order valence-corrected chi connectivity index (χ1v) is 0. The van der Waals surface area contributed by atoms with Gasteiger partial charge in [0.05, 0.1) is 0 Å². The van der Waals surface area contributed by atoms with Gasteiger partial charge in [0.25, 0.3) is 0 Å². The van der Waals surface area contributed by atoms with Gasteiger partial charge < -0.3 is 6.15 Å². The van der Waals surface area contributed by atoms with Crippen LogP contribution >= 0.6 is 9.90 Å². The third-order valence-corrected chi connectivity index (χ3v) is 0. The zero-order valence-electron chi connectivity index (χ0n) is 1.86. The van der Waals surface area contributed by atoms with E-state index in [1.165, 1.54) is 0 Å². The Kier molecular flexibility index (Phi) is 108. The van der Waals surface area contributed by atoms with E-state index < -0.39 is 0 Å². The van der Waals surface area contributed by atoms with E-state index in [1.54, 1.807) is 0 Å². The van der Waals surface area contributed by atoms with Crippen molar-refractivity contribution < 1.29 is 0 Å². The van der Waals surface area contributed by atoms with E-state index in [4.69, 9.17) is 0 Å². The van der Waals surface area contributed by atoms with Gasteiger partial charge in [-0.2, -0.15) is 0 Å². The number of hydrogen-bond acceptors (Lipinski definition) is 1. The van der Waals surface area contributed by atoms with Crippen LogP contribution in [0.2, 0.25) is 0 Å². The fourth-order valence-electron chi connectivity index (χ4n) is 0. The van der Waals surface area contributed by atoms with Gasteiger partial charge in [-0.25, -0.2) is 0 Å². The van der Waals surface area contributed by atoms with Crippen LogP contribution in [0.4, 0.5) is 0 Å². The van der Waals surface area contributed by atoms with Crippen molar-refractivity contribution in [2.45, 2.75) is 0 Å². The monoisotopic (exact) mass is 128 g/mol. The molecule has 0 aliphatic carbocycles. The maximum atomic E-state index is 0. The predicted molar refractivity (Wildman–Crippen MR) is 24.8 cm³/mol. The predicted octanol–water partition coefficient (Wildman–Crippen LogP) is -0.00610. The van der Waals surface area contributed by atoms with E-state index in [0.29, 0.717) is 0 Å². The van der Waals surface area contributed by atoms with E-state index in [9.17, 15) is 0 Å². The first kappa shape index (κ1) is 26.7. The average molecular weight is 128 g/mol. The molecular formula is H4CaKNP. The molecule has 0 atom stereocenters. The Labute approximate surface area is 102 Å². The molecule has 0 aliphatic heterocycles. The largest absolute Gasteiger partial charge is 0 e. The maximum Gasteiger partial charge on any atom is 0 e. The Balaban J connectivity index is 0. The molecule has 3 N–H and O–H groups in total. The summed E-state index contributed by atoms with van der Waals surface area (Å²) in [5, 5.41) is 0. The zero-order chi connectivity index (χ0) is 0. The quantitative estimate of drug-likeness (QED) is 0.361. The Morgan fingerprint density at radius 2 is 1.00 bits per heavy atom. The number of rotatable bonds is 0. The van der Waals surface area contributed by atoms with Gasteiger partial charge in [0.15, 0.2) is 0 Å². The van der Waals surface area contributed by atoms with Gasteiger partial charge in [-0.1, -0.05) is 0 Å². The van der Waals surface area contributed by atoms with Crippen molar-refractivity contribution in [2.24, 2.45) is 0 Å². The minimum atomic E-state index is 0. The van der Waals surface area contributed by atoms with Gasteiger partial charge >= 0.3 is 51.4 Å². The molecule has 4 heteroatoms. The van der Waals surface area contributed by atoms with E-state index in [-0.39, 0.29) is 105 Å². The summed E-state index contributed by atoms with van der Waals surface area (Å²) in [6.07, 6.45) is 0. The van der Waals surface area contributed by atoms with Gasteiger partial charge in [0.2, 0.25) is 0 Å². The molecule has 0 fully saturated rings. The molecular weight excluding hydrogens is 124 g/mol. The number of hydrogen-bond donors (Lipinski definition) is 1. The molecule has 0 unspecified atom stereocenters. The minimum Gasteiger partial charge on any atom is 0 e. The van der Waals surface area contributed by atoms with Crippen LogP contribution in [0.1, 0.15) is 0 Å². The third kappa shape index (κ3) is 8.99. The van der Waals surface area contributed by atoms with E-state index in [1.807, 2.05) is 0 Å². The standard InChI is InChI=1S/Ca.K.H3N.P.H/h;;1H3;;. The SMILES string of the molecule is N.[Ca].[KH].[P]. The van der Waals surface area contributed by atoms with Crippen LogP contribution < -0.4 is 6.15 Å². The minimum absolute atomic E-state index is 0. The van der Waals surface area contributed by atoms with Crippen molar-refractivity contribution in [1.82, 2.24) is 6.15 Å². The van der Waals surface area contributed by atoms with Crippen LogP contribution in [0.3, 0.4) is 0 Å². The summed E-state index contributed by atoms with van der Waals surface area (Å²) in [7, 11) is 0. The topological polar surface area (TPSA) is 35.0 Å². The van der Waals surface area contributed by atoms with Crippen molar-refractivity contribution in [2.75, 3.05) is 0 Å². The Morgan fingerprint density at radius 3 is 1.00 bits per heavy atom. The summed E-state index contributed by atoms with van der Waals surface area (Å²) in [5.41, 5.74) is 0. The molecule has 0 saturated heterocycles. The molecule has 0 aromatic rings. The molecule has 17 valence electrons. The van der Waals surface area contributed by atoms with Gasteiger partial charge in [0, 0.05) is 47.6 Å². The molecule has 0 rings (SSSR count). The molecule has 0 aromatic carbocycles. The van der Waals surface area contributed by atoms with Crippen molar-refractivity contribution in [3.05, 3.63) is 0 Å². The molecule has 0 spiro atoms. The van der Waals surface area contributed by atoms with Crippen LogP contribution in [0.25, 0.3) is 0 Å². The fraction of sp³-hybridized carbons (Fsp3) is 0. The molecule has 0 saturated carbocycles. The summed E-state index contributed by atoms with van der Waals surface area (Å²) in [6.45, 7) is 0. The van der Waals surface area contributed by atoms with Crippen molar-refractivity contribution >= 4 is 99.0 Å². The van der Waals surface area contributed by atoms with Crippen LogP contribution in [-0.4, -0.2) is 89.1 Å². The molecule has 0 aliphatic rings. The zero-order valence-corrected chi connectivity index (χ0v) is 4.96. The third-order valence-electron chi connectivity index (χ3n) is 0. The Bertz CT molecular complexity index is 8.00. The van der Waals surface area contributed by atoms with Crippen LogP contribution in [0.5, 0.6) is 0 Å². The summed E-state index contributed by atoms with van der Waals surface area (Å²) >= 11 is 0. The fourth-order valence-corrected chi connectivity index (χ4v) is 0. The van der Waals surface area contributed by atoms with Gasteiger partial charge in [-0.05, 0) is 0 Å². The summed E-state index contributed by atoms with van der Waals surface area (Å²) in [4.78, 5) is 0. The van der Waals surface area contributed by atoms with E-state index in [0.717, 1.165) is 0 Å². The molecule has 5 radical (unpaired) electrons. The van der Waals surface area contributed by atoms with Crippen LogP contribution in [0.15, 0.2) is 0 Å². The summed E-state index contributed by atoms with van der Waals surface area (Å²) < 4.78 is 0. The first-order chi connectivity index (χ1) is 0. The van der Waals surface area contributed by atoms with E-state index in [2.05, 4.69) is 0 Å². The molecule has 1 nitrogen and oxygen atoms in total. The summed E-state index contributed by atoms with van der Waals surface area (Å²) in [5.74, 6) is 0. The second-order valence-corrected chi connectivity index (χ2v) is 0. The maximum absolute atomic E-state index is 0. The van der Waals surface area contributed by atoms with Crippen molar-refractivity contribution in [3.63, 3.8) is 0 Å².